The van der Waals surface area contributed by atoms with Crippen molar-refractivity contribution in [3.05, 3.63) is 83.1 Å². The molecule has 0 radical (unpaired) electrons. The van der Waals surface area contributed by atoms with Crippen molar-refractivity contribution in [3.8, 4) is 11.8 Å². The molecule has 0 aliphatic carbocycles. The largest absolute Gasteiger partial charge is 0.444 e. The fourth-order valence-corrected chi connectivity index (χ4v) is 1.68. The summed E-state index contributed by atoms with van der Waals surface area (Å²) in [5.41, 5.74) is 2.55. The molecule has 0 aliphatic rings. The lowest BCUT2D eigenvalue weighted by atomic mass is 10.1. The van der Waals surface area contributed by atoms with Gasteiger partial charge >= 0.3 is 0 Å². The highest BCUT2D eigenvalue weighted by Gasteiger charge is 2.03. The maximum Gasteiger partial charge on any atom is 0.218 e. The van der Waals surface area contributed by atoms with E-state index < -0.39 is 0 Å². The van der Waals surface area contributed by atoms with Gasteiger partial charge < -0.3 is 4.74 Å². The van der Waals surface area contributed by atoms with E-state index in [4.69, 9.17) is 10.1 Å². The molecule has 2 nitrogen and oxygen atoms in total. The van der Waals surface area contributed by atoms with Gasteiger partial charge in [0.05, 0.1) is 5.76 Å². The molecule has 2 aromatic rings. The van der Waals surface area contributed by atoms with Crippen molar-refractivity contribution in [3.63, 3.8) is 0 Å². The first-order valence-electron chi connectivity index (χ1n) is 6.76. The molecule has 0 fully saturated rings. The van der Waals surface area contributed by atoms with E-state index in [9.17, 15) is 0 Å². The predicted molar refractivity (Wildman–Crippen MR) is 86.2 cm³/mol. The summed E-state index contributed by atoms with van der Waals surface area (Å²) < 4.78 is 5.40. The van der Waals surface area contributed by atoms with E-state index in [-0.39, 0.29) is 5.90 Å². The maximum absolute atomic E-state index is 7.95. The van der Waals surface area contributed by atoms with E-state index in [1.165, 1.54) is 0 Å². The molecule has 21 heavy (non-hydrogen) atoms. The molecule has 2 heteroatoms. The minimum absolute atomic E-state index is 0.133. The van der Waals surface area contributed by atoms with Crippen LogP contribution in [0, 0.1) is 17.3 Å². The Morgan fingerprint density at radius 2 is 1.67 bits per heavy atom. The van der Waals surface area contributed by atoms with Gasteiger partial charge in [-0.2, -0.15) is 0 Å². The Morgan fingerprint density at radius 3 is 2.38 bits per heavy atom. The Balaban J connectivity index is 2.19. The fourth-order valence-electron chi connectivity index (χ4n) is 1.68. The number of nitrogens with one attached hydrogen (secondary N) is 1. The zero-order valence-electron chi connectivity index (χ0n) is 12.2. The van der Waals surface area contributed by atoms with Gasteiger partial charge in [0.2, 0.25) is 5.90 Å². The van der Waals surface area contributed by atoms with Crippen LogP contribution in [0.2, 0.25) is 0 Å². The molecule has 0 saturated carbocycles. The molecule has 0 aliphatic heterocycles. The van der Waals surface area contributed by atoms with Crippen LogP contribution >= 0.6 is 0 Å². The Labute approximate surface area is 125 Å². The zero-order valence-corrected chi connectivity index (χ0v) is 12.2. The van der Waals surface area contributed by atoms with Crippen LogP contribution in [0.15, 0.2) is 66.4 Å². The van der Waals surface area contributed by atoms with Crippen LogP contribution in [0.3, 0.4) is 0 Å². The normalized spacial score (nSPS) is 10.5. The predicted octanol–water partition coefficient (Wildman–Crippen LogP) is 4.35. The van der Waals surface area contributed by atoms with Crippen LogP contribution in [-0.2, 0) is 4.74 Å². The van der Waals surface area contributed by atoms with Gasteiger partial charge in [0, 0.05) is 16.7 Å². The number of hydrogen-bond acceptors (Lipinski definition) is 2. The number of rotatable bonds is 2. The SMILES string of the molecule is C/C=C(\C)OC(=N)c1cccc(C#Cc2ccccc2)c1. The minimum Gasteiger partial charge on any atom is -0.444 e. The van der Waals surface area contributed by atoms with Crippen LogP contribution in [0.25, 0.3) is 0 Å². The Bertz CT molecular complexity index is 718. The van der Waals surface area contributed by atoms with Gasteiger partial charge in [0.15, 0.2) is 0 Å². The molecule has 0 atom stereocenters. The van der Waals surface area contributed by atoms with Crippen LogP contribution in [0.4, 0.5) is 0 Å². The maximum atomic E-state index is 7.95. The summed E-state index contributed by atoms with van der Waals surface area (Å²) in [4.78, 5) is 0. The summed E-state index contributed by atoms with van der Waals surface area (Å²) in [6.07, 6.45) is 1.83. The minimum atomic E-state index is 0.133. The monoisotopic (exact) mass is 275 g/mol. The summed E-state index contributed by atoms with van der Waals surface area (Å²) in [5.74, 6) is 7.06. The third-order valence-electron chi connectivity index (χ3n) is 2.92. The van der Waals surface area contributed by atoms with Crippen LogP contribution in [0.1, 0.15) is 30.5 Å². The van der Waals surface area contributed by atoms with Gasteiger partial charge in [-0.3, -0.25) is 5.41 Å². The molecule has 0 spiro atoms. The van der Waals surface area contributed by atoms with Gasteiger partial charge in [0.25, 0.3) is 0 Å². The summed E-state index contributed by atoms with van der Waals surface area (Å²) >= 11 is 0. The molecule has 2 rings (SSSR count). The van der Waals surface area contributed by atoms with Gasteiger partial charge in [-0.05, 0) is 50.3 Å². The van der Waals surface area contributed by atoms with E-state index in [0.717, 1.165) is 16.7 Å². The van der Waals surface area contributed by atoms with E-state index in [1.54, 1.807) is 0 Å². The Kier molecular flexibility index (Phi) is 4.95. The van der Waals surface area contributed by atoms with Crippen molar-refractivity contribution < 1.29 is 4.74 Å². The highest BCUT2D eigenvalue weighted by molar-refractivity contribution is 5.92. The quantitative estimate of drug-likeness (QED) is 0.376. The molecule has 104 valence electrons. The Hall–Kier alpha value is -2.79. The highest BCUT2D eigenvalue weighted by atomic mass is 16.5. The smallest absolute Gasteiger partial charge is 0.218 e. The van der Waals surface area contributed by atoms with Crippen molar-refractivity contribution >= 4 is 5.90 Å². The summed E-state index contributed by atoms with van der Waals surface area (Å²) in [6.45, 7) is 3.71. The first kappa shape index (κ1) is 14.6. The van der Waals surface area contributed by atoms with Gasteiger partial charge in [0.1, 0.15) is 0 Å². The lowest BCUT2D eigenvalue weighted by Crippen LogP contribution is -2.03. The molecule has 2 aromatic carbocycles. The highest BCUT2D eigenvalue weighted by Crippen LogP contribution is 2.09. The molecular weight excluding hydrogens is 258 g/mol. The first-order chi connectivity index (χ1) is 10.2. The van der Waals surface area contributed by atoms with Crippen molar-refractivity contribution in [1.82, 2.24) is 0 Å². The second-order valence-electron chi connectivity index (χ2n) is 4.53. The molecule has 0 amide bonds. The lowest BCUT2D eigenvalue weighted by Gasteiger charge is -2.06. The average molecular weight is 275 g/mol. The number of allylic oxidation sites excluding steroid dienone is 2. The Morgan fingerprint density at radius 1 is 1.00 bits per heavy atom. The zero-order chi connectivity index (χ0) is 15.1. The first-order valence-corrected chi connectivity index (χ1v) is 6.76. The molecule has 0 aromatic heterocycles. The number of hydrogen-bond donors (Lipinski definition) is 1. The molecule has 0 bridgehead atoms. The van der Waals surface area contributed by atoms with Crippen molar-refractivity contribution in [2.24, 2.45) is 0 Å². The second kappa shape index (κ2) is 7.12. The fraction of sp³-hybridized carbons (Fsp3) is 0.105. The topological polar surface area (TPSA) is 33.1 Å². The number of benzene rings is 2. The second-order valence-corrected chi connectivity index (χ2v) is 4.53. The van der Waals surface area contributed by atoms with E-state index in [2.05, 4.69) is 11.8 Å². The van der Waals surface area contributed by atoms with Crippen molar-refractivity contribution in [1.29, 1.82) is 5.41 Å². The molecule has 0 saturated heterocycles. The van der Waals surface area contributed by atoms with E-state index >= 15 is 0 Å². The standard InChI is InChI=1S/C19H17NO/c1-3-15(2)21-19(20)18-11-7-10-17(14-18)13-12-16-8-5-4-6-9-16/h3-11,14,20H,1-2H3/b15-3+,20-19?. The van der Waals surface area contributed by atoms with Crippen molar-refractivity contribution in [2.45, 2.75) is 13.8 Å². The van der Waals surface area contributed by atoms with Crippen molar-refractivity contribution in [2.75, 3.05) is 0 Å². The average Bonchev–Trinajstić information content (AvgIpc) is 2.54. The van der Waals surface area contributed by atoms with Crippen LogP contribution in [-0.4, -0.2) is 5.90 Å². The molecule has 1 N–H and O–H groups in total. The molecular formula is C19H17NO. The molecule has 0 heterocycles. The lowest BCUT2D eigenvalue weighted by molar-refractivity contribution is 0.414. The summed E-state index contributed by atoms with van der Waals surface area (Å²) in [6, 6.07) is 17.3. The van der Waals surface area contributed by atoms with Gasteiger partial charge in [-0.15, -0.1) is 0 Å². The van der Waals surface area contributed by atoms with E-state index in [1.807, 2.05) is 74.5 Å². The van der Waals surface area contributed by atoms with E-state index in [0.29, 0.717) is 5.76 Å². The number of ether oxygens (including phenoxy) is 1. The third kappa shape index (κ3) is 4.36. The van der Waals surface area contributed by atoms with Crippen LogP contribution in [0.5, 0.6) is 0 Å². The van der Waals surface area contributed by atoms with Crippen LogP contribution < -0.4 is 0 Å². The summed E-state index contributed by atoms with van der Waals surface area (Å²) in [5, 5.41) is 7.95. The van der Waals surface area contributed by atoms with Gasteiger partial charge in [-0.25, -0.2) is 0 Å². The molecule has 0 unspecified atom stereocenters. The summed E-state index contributed by atoms with van der Waals surface area (Å²) in [7, 11) is 0. The third-order valence-corrected chi connectivity index (χ3v) is 2.92. The van der Waals surface area contributed by atoms with Gasteiger partial charge in [-0.1, -0.05) is 36.1 Å².